The largest absolute Gasteiger partial charge is 0.352 e. The maximum absolute atomic E-state index is 15.5. The Morgan fingerprint density at radius 3 is 1.43 bits per heavy atom. The summed E-state index contributed by atoms with van der Waals surface area (Å²) in [5.74, 6) is 1.17. The molecule has 8 heteroatoms. The van der Waals surface area contributed by atoms with Gasteiger partial charge in [-0.1, -0.05) is 121 Å². The van der Waals surface area contributed by atoms with E-state index in [4.69, 9.17) is 9.81 Å². The minimum Gasteiger partial charge on any atom is -0.298 e. The highest BCUT2D eigenvalue weighted by Crippen LogP contribution is 2.44. The lowest BCUT2D eigenvalue weighted by molar-refractivity contribution is 0.256. The molecule has 5 aliphatic heterocycles. The average Bonchev–Trinajstić information content (AvgIpc) is 3.65. The van der Waals surface area contributed by atoms with E-state index in [0.717, 1.165) is 38.6 Å². The summed E-state index contributed by atoms with van der Waals surface area (Å²) in [6, 6.07) is 48.2. The number of guanidine groups is 2. The molecule has 5 heterocycles. The summed E-state index contributed by atoms with van der Waals surface area (Å²) in [6.45, 7) is -0.480. The van der Waals surface area contributed by atoms with E-state index in [0.29, 0.717) is 11.9 Å². The fourth-order valence-electron chi connectivity index (χ4n) is 8.93. The Kier molecular flexibility index (Phi) is 4.68. The van der Waals surface area contributed by atoms with E-state index in [1.165, 1.54) is 44.1 Å². The number of nitrogens with zero attached hydrogens (tertiary/aromatic N) is 5. The highest BCUT2D eigenvalue weighted by Gasteiger charge is 2.55. The molecule has 1 saturated heterocycles. The van der Waals surface area contributed by atoms with Crippen LogP contribution in [0.15, 0.2) is 149 Å². The van der Waals surface area contributed by atoms with E-state index in [-0.39, 0.29) is 19.7 Å². The first-order chi connectivity index (χ1) is 24.3. The maximum Gasteiger partial charge on any atom is 0.352 e. The van der Waals surface area contributed by atoms with Crippen LogP contribution >= 0.6 is 0 Å². The van der Waals surface area contributed by atoms with Crippen LogP contribution in [0.1, 0.15) is 0 Å². The van der Waals surface area contributed by atoms with E-state index < -0.39 is 0 Å². The van der Waals surface area contributed by atoms with Crippen molar-refractivity contribution in [2.45, 2.75) is 0 Å². The number of rotatable bonds is 2. The SMILES string of the molecule is O=C1N(c2cccc3ccccc23)C2=NB3c4ccccc4-c4cc5c6c(c43)N2C(=NB6c2ccccc2-5)N1c1cccc2ccccc12. The number of carbonyl (C=O) groups is 1. The van der Waals surface area contributed by atoms with E-state index in [9.17, 15) is 0 Å². The van der Waals surface area contributed by atoms with Crippen LogP contribution in [0.2, 0.25) is 0 Å². The van der Waals surface area contributed by atoms with Crippen LogP contribution < -0.4 is 36.6 Å². The first-order valence-corrected chi connectivity index (χ1v) is 16.7. The van der Waals surface area contributed by atoms with Crippen LogP contribution in [0, 0.1) is 0 Å². The van der Waals surface area contributed by atoms with Gasteiger partial charge in [-0.3, -0.25) is 14.7 Å². The summed E-state index contributed by atoms with van der Waals surface area (Å²) >= 11 is 0. The minimum atomic E-state index is -0.240. The molecule has 0 spiro atoms. The summed E-state index contributed by atoms with van der Waals surface area (Å²) in [7, 11) is 0. The van der Waals surface area contributed by atoms with Crippen molar-refractivity contribution < 1.29 is 4.79 Å². The van der Waals surface area contributed by atoms with E-state index in [1.807, 2.05) is 58.3 Å². The molecule has 0 unspecified atom stereocenters. The third kappa shape index (κ3) is 3.08. The number of urea groups is 1. The third-order valence-corrected chi connectivity index (χ3v) is 10.9. The molecule has 49 heavy (non-hydrogen) atoms. The van der Waals surface area contributed by atoms with Gasteiger partial charge in [0.15, 0.2) is 0 Å². The molecular formula is C41H23B2N5O. The van der Waals surface area contributed by atoms with Crippen LogP contribution in [-0.2, 0) is 0 Å². The molecule has 5 aliphatic rings. The normalized spacial score (nSPS) is 15.8. The zero-order chi connectivity index (χ0) is 32.0. The maximum atomic E-state index is 15.5. The van der Waals surface area contributed by atoms with Crippen molar-refractivity contribution in [3.63, 3.8) is 0 Å². The molecule has 0 saturated carbocycles. The highest BCUT2D eigenvalue weighted by molar-refractivity contribution is 6.97. The first kappa shape index (κ1) is 25.7. The number of anilines is 3. The van der Waals surface area contributed by atoms with Gasteiger partial charge in [0, 0.05) is 16.5 Å². The molecule has 2 amide bonds. The fraction of sp³-hybridized carbons (Fsp3) is 0. The summed E-state index contributed by atoms with van der Waals surface area (Å²) in [6.07, 6.45) is 0. The van der Waals surface area contributed by atoms with Gasteiger partial charge < -0.3 is 0 Å². The Hall–Kier alpha value is -6.40. The van der Waals surface area contributed by atoms with Gasteiger partial charge in [-0.2, -0.15) is 0 Å². The molecular weight excluding hydrogens is 600 g/mol. The van der Waals surface area contributed by atoms with Crippen molar-refractivity contribution in [2.75, 3.05) is 14.7 Å². The number of hydrogen-bond donors (Lipinski definition) is 0. The minimum absolute atomic E-state index is 0.206. The molecule has 0 aliphatic carbocycles. The lowest BCUT2D eigenvalue weighted by Crippen LogP contribution is -2.72. The van der Waals surface area contributed by atoms with Crippen molar-refractivity contribution in [1.82, 2.24) is 0 Å². The Labute approximate surface area is 282 Å². The standard InChI is InChI=1S/C41H23B2N5O/c49-41-46(34-21-9-13-24-11-1-3-15-26(24)34)39-44-42-32-19-7-5-17-28(32)30-23-31-29-18-6-8-20-33(29)43-37(31)38(36(30)42)48(39)40(45-43)47(41)35-22-10-14-25-12-2-4-16-27(25)35/h1-23H. The Bertz CT molecular complexity index is 2560. The highest BCUT2D eigenvalue weighted by atomic mass is 16.2. The Morgan fingerprint density at radius 1 is 0.449 bits per heavy atom. The molecule has 0 atom stereocenters. The van der Waals surface area contributed by atoms with Gasteiger partial charge in [-0.25, -0.2) is 14.6 Å². The number of fused-ring (bicyclic) bond motifs is 8. The van der Waals surface area contributed by atoms with Crippen molar-refractivity contribution in [1.29, 1.82) is 0 Å². The van der Waals surface area contributed by atoms with Gasteiger partial charge in [-0.05, 0) is 73.1 Å². The molecule has 0 bridgehead atoms. The van der Waals surface area contributed by atoms with E-state index in [1.54, 1.807) is 0 Å². The van der Waals surface area contributed by atoms with Gasteiger partial charge >= 0.3 is 19.7 Å². The Morgan fingerprint density at radius 2 is 0.898 bits per heavy atom. The molecule has 0 aromatic heterocycles. The third-order valence-electron chi connectivity index (χ3n) is 10.9. The van der Waals surface area contributed by atoms with Gasteiger partial charge in [-0.15, -0.1) is 0 Å². The first-order valence-electron chi connectivity index (χ1n) is 16.7. The van der Waals surface area contributed by atoms with Crippen LogP contribution in [0.4, 0.5) is 21.9 Å². The van der Waals surface area contributed by atoms with Gasteiger partial charge in [0.25, 0.3) is 0 Å². The van der Waals surface area contributed by atoms with Crippen LogP contribution in [0.5, 0.6) is 0 Å². The van der Waals surface area contributed by atoms with Crippen molar-refractivity contribution in [2.24, 2.45) is 9.81 Å². The molecule has 0 N–H and O–H groups in total. The quantitative estimate of drug-likeness (QED) is 0.227. The molecule has 12 rings (SSSR count). The van der Waals surface area contributed by atoms with Gasteiger partial charge in [0.1, 0.15) is 0 Å². The lowest BCUT2D eigenvalue weighted by atomic mass is 9.48. The Balaban J connectivity index is 1.23. The second kappa shape index (κ2) is 8.94. The van der Waals surface area contributed by atoms with Gasteiger partial charge in [0.2, 0.25) is 11.9 Å². The second-order valence-corrected chi connectivity index (χ2v) is 13.3. The average molecular weight is 623 g/mol. The summed E-state index contributed by atoms with van der Waals surface area (Å²) in [4.78, 5) is 32.5. The van der Waals surface area contributed by atoms with Gasteiger partial charge in [0.05, 0.1) is 11.4 Å². The van der Waals surface area contributed by atoms with Crippen molar-refractivity contribution in [3.05, 3.63) is 140 Å². The molecule has 7 aromatic carbocycles. The number of carbonyl (C=O) groups excluding carboxylic acids is 1. The number of amides is 2. The van der Waals surface area contributed by atoms with Crippen molar-refractivity contribution >= 4 is 92.1 Å². The zero-order valence-electron chi connectivity index (χ0n) is 26.1. The predicted molar refractivity (Wildman–Crippen MR) is 203 cm³/mol. The fourth-order valence-corrected chi connectivity index (χ4v) is 8.93. The predicted octanol–water partition coefficient (Wildman–Crippen LogP) is 5.86. The monoisotopic (exact) mass is 623 g/mol. The van der Waals surface area contributed by atoms with Crippen molar-refractivity contribution in [3.8, 4) is 22.3 Å². The molecule has 1 fully saturated rings. The molecule has 6 nitrogen and oxygen atoms in total. The van der Waals surface area contributed by atoms with E-state index in [2.05, 4.69) is 95.9 Å². The van der Waals surface area contributed by atoms with E-state index >= 15 is 4.79 Å². The molecule has 0 radical (unpaired) electrons. The zero-order valence-corrected chi connectivity index (χ0v) is 26.1. The lowest BCUT2D eigenvalue weighted by Gasteiger charge is -2.49. The summed E-state index contributed by atoms with van der Waals surface area (Å²) in [5.41, 5.74) is 12.2. The van der Waals surface area contributed by atoms with Crippen LogP contribution in [0.25, 0.3) is 43.8 Å². The summed E-state index contributed by atoms with van der Waals surface area (Å²) in [5, 5.41) is 4.09. The summed E-state index contributed by atoms with van der Waals surface area (Å²) < 4.78 is 0. The second-order valence-electron chi connectivity index (χ2n) is 13.3. The van der Waals surface area contributed by atoms with Crippen LogP contribution in [-0.4, -0.2) is 31.6 Å². The molecule has 224 valence electrons. The van der Waals surface area contributed by atoms with Crippen LogP contribution in [0.3, 0.4) is 0 Å². The smallest absolute Gasteiger partial charge is 0.298 e. The molecule has 7 aromatic rings. The topological polar surface area (TPSA) is 51.5 Å². The number of benzene rings is 7. The number of hydrogen-bond acceptors (Lipinski definition) is 4.